The van der Waals surface area contributed by atoms with Gasteiger partial charge >= 0.3 is 6.03 Å². The first kappa shape index (κ1) is 26.6. The molecule has 0 saturated carbocycles. The Morgan fingerprint density at radius 3 is 2.43 bits per heavy atom. The Morgan fingerprint density at radius 2 is 1.80 bits per heavy atom. The molecule has 3 amide bonds. The summed E-state index contributed by atoms with van der Waals surface area (Å²) in [7, 11) is 0. The monoisotopic (exact) mass is 515 g/mol. The van der Waals surface area contributed by atoms with Crippen molar-refractivity contribution in [2.75, 3.05) is 23.7 Å². The average molecular weight is 516 g/mol. The quantitative estimate of drug-likeness (QED) is 0.368. The molecule has 3 aromatic rings. The maximum atomic E-state index is 13.1. The molecule has 9 heteroatoms. The molecule has 0 aliphatic heterocycles. The van der Waals surface area contributed by atoms with E-state index in [9.17, 15) is 9.59 Å². The lowest BCUT2D eigenvalue weighted by Gasteiger charge is -2.22. The van der Waals surface area contributed by atoms with Gasteiger partial charge in [0.1, 0.15) is 12.4 Å². The van der Waals surface area contributed by atoms with E-state index in [4.69, 9.17) is 28.3 Å². The predicted octanol–water partition coefficient (Wildman–Crippen LogP) is 6.67. The Bertz CT molecular complexity index is 1220. The highest BCUT2D eigenvalue weighted by Gasteiger charge is 2.23. The third kappa shape index (κ3) is 6.99. The van der Waals surface area contributed by atoms with Crippen LogP contribution < -0.4 is 10.6 Å². The first-order valence-electron chi connectivity index (χ1n) is 11.5. The molecule has 2 aromatic carbocycles. The second-order valence-electron chi connectivity index (χ2n) is 9.44. The zero-order valence-corrected chi connectivity index (χ0v) is 22.2. The molecule has 0 unspecified atom stereocenters. The smallest absolute Gasteiger partial charge is 0.315 e. The third-order valence-electron chi connectivity index (χ3n) is 5.28. The largest absolute Gasteiger partial charge is 0.322 e. The molecule has 2 N–H and O–H groups in total. The van der Waals surface area contributed by atoms with Gasteiger partial charge in [-0.25, -0.2) is 9.48 Å². The molecule has 0 aliphatic rings. The lowest BCUT2D eigenvalue weighted by atomic mass is 9.92. The molecule has 35 heavy (non-hydrogen) atoms. The highest BCUT2D eigenvalue weighted by Crippen LogP contribution is 2.27. The van der Waals surface area contributed by atoms with E-state index in [1.54, 1.807) is 22.9 Å². The number of aryl methyl sites for hydroxylation is 1. The van der Waals surface area contributed by atoms with Crippen LogP contribution in [0, 0.1) is 6.92 Å². The summed E-state index contributed by atoms with van der Waals surface area (Å²) < 4.78 is 1.73. The summed E-state index contributed by atoms with van der Waals surface area (Å²) in [5.41, 5.74) is 2.99. The minimum atomic E-state index is -0.422. The highest BCUT2D eigenvalue weighted by atomic mass is 35.5. The lowest BCUT2D eigenvalue weighted by Crippen LogP contribution is -2.41. The molecule has 3 rings (SSSR count). The number of aromatic nitrogens is 2. The number of amides is 3. The number of anilines is 2. The molecule has 0 bridgehead atoms. The second-order valence-corrected chi connectivity index (χ2v) is 10.3. The van der Waals surface area contributed by atoms with Gasteiger partial charge in [-0.05, 0) is 49.2 Å². The zero-order chi connectivity index (χ0) is 25.8. The number of hydrogen-bond donors (Lipinski definition) is 2. The Kier molecular flexibility index (Phi) is 8.46. The van der Waals surface area contributed by atoms with Crippen LogP contribution in [0.4, 0.5) is 16.3 Å². The first-order valence-corrected chi connectivity index (χ1v) is 12.2. The molecule has 0 fully saturated rings. The van der Waals surface area contributed by atoms with E-state index in [1.807, 2.05) is 44.2 Å². The molecule has 186 valence electrons. The minimum absolute atomic E-state index is 0.130. The SMILES string of the molecule is CCCN(CC(=O)Nc1cc(C(C)(C)C)nn1-c1cccc(C)c1)C(=O)Nc1ccc(Cl)cc1Cl. The van der Waals surface area contributed by atoms with Crippen molar-refractivity contribution < 1.29 is 9.59 Å². The van der Waals surface area contributed by atoms with Gasteiger partial charge in [0.05, 0.1) is 22.1 Å². The van der Waals surface area contributed by atoms with Crippen molar-refractivity contribution in [3.05, 3.63) is 69.8 Å². The molecule has 1 aromatic heterocycles. The summed E-state index contributed by atoms with van der Waals surface area (Å²) in [6, 6.07) is 14.2. The number of nitrogens with one attached hydrogen (secondary N) is 2. The van der Waals surface area contributed by atoms with Crippen LogP contribution in [0.3, 0.4) is 0 Å². The van der Waals surface area contributed by atoms with E-state index in [1.165, 1.54) is 4.90 Å². The molecule has 7 nitrogen and oxygen atoms in total. The number of rotatable bonds is 7. The fourth-order valence-corrected chi connectivity index (χ4v) is 3.91. The number of urea groups is 1. The summed E-state index contributed by atoms with van der Waals surface area (Å²) in [6.07, 6.45) is 0.685. The van der Waals surface area contributed by atoms with Crippen LogP contribution in [-0.2, 0) is 10.2 Å². The number of carbonyl (C=O) groups excluding carboxylic acids is 2. The average Bonchev–Trinajstić information content (AvgIpc) is 3.19. The standard InChI is InChI=1S/C26H31Cl2N5O2/c1-6-12-32(25(35)29-21-11-10-18(27)14-20(21)28)16-24(34)30-23-15-22(26(3,4)5)31-33(23)19-9-7-8-17(2)13-19/h7-11,13-15H,6,12,16H2,1-5H3,(H,29,35)(H,30,34). The van der Waals surface area contributed by atoms with Gasteiger partial charge in [-0.2, -0.15) is 5.10 Å². The normalized spacial score (nSPS) is 11.3. The number of benzene rings is 2. The van der Waals surface area contributed by atoms with Crippen LogP contribution in [0.5, 0.6) is 0 Å². The van der Waals surface area contributed by atoms with Gasteiger partial charge in [0.25, 0.3) is 0 Å². The molecule has 0 saturated heterocycles. The Morgan fingerprint density at radius 1 is 1.06 bits per heavy atom. The van der Waals surface area contributed by atoms with Crippen molar-refractivity contribution in [1.82, 2.24) is 14.7 Å². The molecule has 0 radical (unpaired) electrons. The van der Waals surface area contributed by atoms with Gasteiger partial charge in [0, 0.05) is 23.0 Å². The van der Waals surface area contributed by atoms with Crippen molar-refractivity contribution in [2.24, 2.45) is 0 Å². The van der Waals surface area contributed by atoms with Gasteiger partial charge in [0.2, 0.25) is 5.91 Å². The van der Waals surface area contributed by atoms with Gasteiger partial charge < -0.3 is 15.5 Å². The van der Waals surface area contributed by atoms with Crippen molar-refractivity contribution in [2.45, 2.75) is 46.5 Å². The van der Waals surface area contributed by atoms with Gasteiger partial charge in [0.15, 0.2) is 0 Å². The van der Waals surface area contributed by atoms with E-state index >= 15 is 0 Å². The summed E-state index contributed by atoms with van der Waals surface area (Å²) in [6.45, 7) is 10.4. The molecular weight excluding hydrogens is 485 g/mol. The highest BCUT2D eigenvalue weighted by molar-refractivity contribution is 6.36. The van der Waals surface area contributed by atoms with E-state index in [0.29, 0.717) is 34.5 Å². The Labute approximate surface area is 216 Å². The molecule has 0 spiro atoms. The van der Waals surface area contributed by atoms with Crippen molar-refractivity contribution in [3.63, 3.8) is 0 Å². The van der Waals surface area contributed by atoms with E-state index in [0.717, 1.165) is 16.9 Å². The van der Waals surface area contributed by atoms with Crippen molar-refractivity contribution in [1.29, 1.82) is 0 Å². The number of halogens is 2. The maximum Gasteiger partial charge on any atom is 0.322 e. The van der Waals surface area contributed by atoms with E-state index in [2.05, 4.69) is 31.4 Å². The summed E-state index contributed by atoms with van der Waals surface area (Å²) in [4.78, 5) is 27.4. The summed E-state index contributed by atoms with van der Waals surface area (Å²) in [5.74, 6) is 0.216. The number of carbonyl (C=O) groups is 2. The van der Waals surface area contributed by atoms with E-state index < -0.39 is 6.03 Å². The van der Waals surface area contributed by atoms with Crippen LogP contribution >= 0.6 is 23.2 Å². The molecule has 1 heterocycles. The second kappa shape index (κ2) is 11.1. The van der Waals surface area contributed by atoms with Crippen LogP contribution in [0.2, 0.25) is 10.0 Å². The van der Waals surface area contributed by atoms with Crippen LogP contribution in [0.15, 0.2) is 48.5 Å². The molecular formula is C26H31Cl2N5O2. The van der Waals surface area contributed by atoms with Gasteiger partial charge in [-0.15, -0.1) is 0 Å². The molecule has 0 atom stereocenters. The summed E-state index contributed by atoms with van der Waals surface area (Å²) >= 11 is 12.1. The number of hydrogen-bond acceptors (Lipinski definition) is 3. The first-order chi connectivity index (χ1) is 16.5. The Balaban J connectivity index is 1.80. The minimum Gasteiger partial charge on any atom is -0.315 e. The zero-order valence-electron chi connectivity index (χ0n) is 20.7. The fraction of sp³-hybridized carbons (Fsp3) is 0.346. The number of nitrogens with zero attached hydrogens (tertiary/aromatic N) is 3. The molecule has 0 aliphatic carbocycles. The lowest BCUT2D eigenvalue weighted by molar-refractivity contribution is -0.116. The van der Waals surface area contributed by atoms with Crippen LogP contribution in [0.1, 0.15) is 45.4 Å². The fourth-order valence-electron chi connectivity index (χ4n) is 3.46. The van der Waals surface area contributed by atoms with Crippen molar-refractivity contribution in [3.8, 4) is 5.69 Å². The van der Waals surface area contributed by atoms with Crippen molar-refractivity contribution >= 4 is 46.6 Å². The maximum absolute atomic E-state index is 13.1. The van der Waals surface area contributed by atoms with Gasteiger partial charge in [-0.1, -0.05) is 63.0 Å². The predicted molar refractivity (Wildman–Crippen MR) is 143 cm³/mol. The Hall–Kier alpha value is -3.03. The van der Waals surface area contributed by atoms with Crippen LogP contribution in [-0.4, -0.2) is 39.7 Å². The summed E-state index contributed by atoms with van der Waals surface area (Å²) in [5, 5.41) is 11.2. The van der Waals surface area contributed by atoms with E-state index in [-0.39, 0.29) is 17.9 Å². The topological polar surface area (TPSA) is 79.3 Å². The van der Waals surface area contributed by atoms with Crippen LogP contribution in [0.25, 0.3) is 5.69 Å². The third-order valence-corrected chi connectivity index (χ3v) is 5.83. The van der Waals surface area contributed by atoms with Gasteiger partial charge in [-0.3, -0.25) is 4.79 Å².